The van der Waals surface area contributed by atoms with E-state index in [-0.39, 0.29) is 12.1 Å². The Labute approximate surface area is 85.1 Å². The molecule has 2 atom stereocenters. The Bertz CT molecular complexity index is 302. The molecule has 1 rings (SSSR count). The highest BCUT2D eigenvalue weighted by atomic mass is 16.5. The van der Waals surface area contributed by atoms with Crippen LogP contribution in [0.4, 0.5) is 0 Å². The number of ether oxygens (including phenoxy) is 1. The molecule has 0 amide bonds. The second-order valence-electron chi connectivity index (χ2n) is 3.14. The van der Waals surface area contributed by atoms with Crippen molar-refractivity contribution in [2.75, 3.05) is 7.11 Å². The van der Waals surface area contributed by atoms with Gasteiger partial charge in [0.15, 0.2) is 0 Å². The molecule has 0 spiro atoms. The molecule has 2 nitrogen and oxygen atoms in total. The minimum Gasteiger partial charge on any atom is -0.375 e. The molecule has 0 saturated carbocycles. The van der Waals surface area contributed by atoms with Crippen molar-refractivity contribution in [2.45, 2.75) is 18.6 Å². The van der Waals surface area contributed by atoms with Gasteiger partial charge in [-0.25, -0.2) is 0 Å². The summed E-state index contributed by atoms with van der Waals surface area (Å²) in [4.78, 5) is 0. The highest BCUT2D eigenvalue weighted by molar-refractivity contribution is 5.19. The van der Waals surface area contributed by atoms with Crippen LogP contribution in [0.3, 0.4) is 0 Å². The zero-order chi connectivity index (χ0) is 10.4. The van der Waals surface area contributed by atoms with E-state index in [1.165, 1.54) is 0 Å². The van der Waals surface area contributed by atoms with Crippen molar-refractivity contribution in [1.29, 1.82) is 0 Å². The van der Waals surface area contributed by atoms with E-state index >= 15 is 0 Å². The molecule has 0 radical (unpaired) electrons. The first-order chi connectivity index (χ1) is 6.79. The molecule has 74 valence electrons. The zero-order valence-electron chi connectivity index (χ0n) is 8.31. The van der Waals surface area contributed by atoms with E-state index in [2.05, 4.69) is 5.92 Å². The van der Waals surface area contributed by atoms with Gasteiger partial charge in [0.05, 0.1) is 6.10 Å². The number of methoxy groups -OCH3 is 1. The van der Waals surface area contributed by atoms with E-state index in [4.69, 9.17) is 16.9 Å². The van der Waals surface area contributed by atoms with Gasteiger partial charge in [-0.3, -0.25) is 0 Å². The van der Waals surface area contributed by atoms with Crippen LogP contribution in [0, 0.1) is 12.3 Å². The normalized spacial score (nSPS) is 14.4. The van der Waals surface area contributed by atoms with Crippen molar-refractivity contribution in [3.63, 3.8) is 0 Å². The molecule has 1 aromatic rings. The molecule has 0 aliphatic carbocycles. The van der Waals surface area contributed by atoms with Gasteiger partial charge in [0.2, 0.25) is 0 Å². The molecule has 0 fully saturated rings. The van der Waals surface area contributed by atoms with Crippen LogP contribution in [0.2, 0.25) is 0 Å². The molecule has 1 aromatic carbocycles. The molecule has 14 heavy (non-hydrogen) atoms. The number of rotatable bonds is 4. The Hall–Kier alpha value is -1.30. The zero-order valence-corrected chi connectivity index (χ0v) is 8.31. The van der Waals surface area contributed by atoms with Gasteiger partial charge in [-0.05, 0) is 5.56 Å². The number of benzene rings is 1. The summed E-state index contributed by atoms with van der Waals surface area (Å²) in [6, 6.07) is 9.72. The van der Waals surface area contributed by atoms with E-state index in [1.54, 1.807) is 7.11 Å². The lowest BCUT2D eigenvalue weighted by Crippen LogP contribution is -2.29. The maximum absolute atomic E-state index is 5.90. The molecule has 2 unspecified atom stereocenters. The third-order valence-corrected chi connectivity index (χ3v) is 2.12. The summed E-state index contributed by atoms with van der Waals surface area (Å²) >= 11 is 0. The first kappa shape index (κ1) is 10.8. The predicted molar refractivity (Wildman–Crippen MR) is 57.6 cm³/mol. The highest BCUT2D eigenvalue weighted by Gasteiger charge is 2.17. The summed E-state index contributed by atoms with van der Waals surface area (Å²) in [6.07, 6.45) is 5.62. The molecular weight excluding hydrogens is 174 g/mol. The fraction of sp³-hybridized carbons (Fsp3) is 0.333. The number of terminal acetylenes is 1. The van der Waals surface area contributed by atoms with Crippen LogP contribution in [0.15, 0.2) is 30.3 Å². The SMILES string of the molecule is C#CCC(N)C(OC)c1ccccc1. The Balaban J connectivity index is 2.78. The quantitative estimate of drug-likeness (QED) is 0.732. The molecule has 0 bridgehead atoms. The van der Waals surface area contributed by atoms with Crippen molar-refractivity contribution in [3.05, 3.63) is 35.9 Å². The van der Waals surface area contributed by atoms with Crippen LogP contribution < -0.4 is 5.73 Å². The molecule has 0 aliphatic heterocycles. The first-order valence-electron chi connectivity index (χ1n) is 4.56. The largest absolute Gasteiger partial charge is 0.375 e. The summed E-state index contributed by atoms with van der Waals surface area (Å²) < 4.78 is 5.33. The standard InChI is InChI=1S/C12H15NO/c1-3-7-11(13)12(14-2)10-8-5-4-6-9-10/h1,4-6,8-9,11-12H,7,13H2,2H3. The summed E-state index contributed by atoms with van der Waals surface area (Å²) in [6.45, 7) is 0. The van der Waals surface area contributed by atoms with E-state index in [0.717, 1.165) is 5.56 Å². The Kier molecular flexibility index (Phi) is 4.18. The summed E-state index contributed by atoms with van der Waals surface area (Å²) in [5.41, 5.74) is 6.97. The minimum absolute atomic E-state index is 0.118. The monoisotopic (exact) mass is 189 g/mol. The molecule has 0 aliphatic rings. The Morgan fingerprint density at radius 1 is 1.43 bits per heavy atom. The Morgan fingerprint density at radius 2 is 2.07 bits per heavy atom. The van der Waals surface area contributed by atoms with Gasteiger partial charge in [0, 0.05) is 19.6 Å². The number of hydrogen-bond acceptors (Lipinski definition) is 2. The van der Waals surface area contributed by atoms with E-state index in [0.29, 0.717) is 6.42 Å². The smallest absolute Gasteiger partial charge is 0.0981 e. The van der Waals surface area contributed by atoms with Crippen LogP contribution in [0.25, 0.3) is 0 Å². The molecule has 2 N–H and O–H groups in total. The summed E-state index contributed by atoms with van der Waals surface area (Å²) in [7, 11) is 1.65. The van der Waals surface area contributed by atoms with Crippen LogP contribution in [0.1, 0.15) is 18.1 Å². The molecular formula is C12H15NO. The van der Waals surface area contributed by atoms with Crippen LogP contribution in [-0.4, -0.2) is 13.2 Å². The Morgan fingerprint density at radius 3 is 2.57 bits per heavy atom. The van der Waals surface area contributed by atoms with E-state index < -0.39 is 0 Å². The third kappa shape index (κ3) is 2.59. The van der Waals surface area contributed by atoms with E-state index in [1.807, 2.05) is 30.3 Å². The van der Waals surface area contributed by atoms with Gasteiger partial charge in [-0.1, -0.05) is 30.3 Å². The fourth-order valence-electron chi connectivity index (χ4n) is 1.44. The number of nitrogens with two attached hydrogens (primary N) is 1. The summed E-state index contributed by atoms with van der Waals surface area (Å²) in [5.74, 6) is 2.55. The van der Waals surface area contributed by atoms with Gasteiger partial charge >= 0.3 is 0 Å². The average Bonchev–Trinajstić information content (AvgIpc) is 2.21. The van der Waals surface area contributed by atoms with Crippen molar-refractivity contribution < 1.29 is 4.74 Å². The van der Waals surface area contributed by atoms with Crippen molar-refractivity contribution >= 4 is 0 Å². The van der Waals surface area contributed by atoms with Crippen molar-refractivity contribution in [1.82, 2.24) is 0 Å². The predicted octanol–water partition coefficient (Wildman–Crippen LogP) is 1.72. The first-order valence-corrected chi connectivity index (χ1v) is 4.56. The van der Waals surface area contributed by atoms with Crippen molar-refractivity contribution in [2.24, 2.45) is 5.73 Å². The second kappa shape index (κ2) is 5.43. The molecule has 0 saturated heterocycles. The average molecular weight is 189 g/mol. The lowest BCUT2D eigenvalue weighted by molar-refractivity contribution is 0.0816. The number of hydrogen-bond donors (Lipinski definition) is 1. The molecule has 0 heterocycles. The lowest BCUT2D eigenvalue weighted by Gasteiger charge is -2.21. The van der Waals surface area contributed by atoms with Gasteiger partial charge in [0.1, 0.15) is 0 Å². The van der Waals surface area contributed by atoms with Gasteiger partial charge < -0.3 is 10.5 Å². The van der Waals surface area contributed by atoms with Crippen LogP contribution in [0.5, 0.6) is 0 Å². The lowest BCUT2D eigenvalue weighted by atomic mass is 10.0. The topological polar surface area (TPSA) is 35.2 Å². The van der Waals surface area contributed by atoms with Crippen LogP contribution >= 0.6 is 0 Å². The second-order valence-corrected chi connectivity index (χ2v) is 3.14. The van der Waals surface area contributed by atoms with Crippen molar-refractivity contribution in [3.8, 4) is 12.3 Å². The van der Waals surface area contributed by atoms with Crippen LogP contribution in [-0.2, 0) is 4.74 Å². The summed E-state index contributed by atoms with van der Waals surface area (Å²) in [5, 5.41) is 0. The fourth-order valence-corrected chi connectivity index (χ4v) is 1.44. The van der Waals surface area contributed by atoms with E-state index in [9.17, 15) is 0 Å². The van der Waals surface area contributed by atoms with Gasteiger partial charge in [-0.2, -0.15) is 0 Å². The van der Waals surface area contributed by atoms with Gasteiger partial charge in [0.25, 0.3) is 0 Å². The molecule has 2 heteroatoms. The molecule has 0 aromatic heterocycles. The highest BCUT2D eigenvalue weighted by Crippen LogP contribution is 2.20. The van der Waals surface area contributed by atoms with Gasteiger partial charge in [-0.15, -0.1) is 12.3 Å². The third-order valence-electron chi connectivity index (χ3n) is 2.12. The maximum Gasteiger partial charge on any atom is 0.0981 e. The minimum atomic E-state index is -0.146. The maximum atomic E-state index is 5.90.